The van der Waals surface area contributed by atoms with Gasteiger partial charge in [0.25, 0.3) is 0 Å². The van der Waals surface area contributed by atoms with Gasteiger partial charge in [-0.2, -0.15) is 0 Å². The number of hydrogen-bond donors (Lipinski definition) is 1. The van der Waals surface area contributed by atoms with Gasteiger partial charge in [0.2, 0.25) is 0 Å². The summed E-state index contributed by atoms with van der Waals surface area (Å²) in [5.74, 6) is 0.165. The zero-order valence-electron chi connectivity index (χ0n) is 9.19. The molecule has 1 aromatic carbocycles. The lowest BCUT2D eigenvalue weighted by Gasteiger charge is -2.08. The maximum absolute atomic E-state index is 11.2. The first-order valence-electron chi connectivity index (χ1n) is 5.13. The second-order valence-corrected chi connectivity index (χ2v) is 3.80. The maximum Gasteiger partial charge on any atom is 0.325 e. The molecule has 3 heteroatoms. The first-order chi connectivity index (χ1) is 7.18. The van der Waals surface area contributed by atoms with Crippen LogP contribution < -0.4 is 5.32 Å². The molecular weight excluding hydrogens is 190 g/mol. The molecule has 1 N–H and O–H groups in total. The number of para-hydroxylation sites is 1. The number of rotatable bonds is 5. The van der Waals surface area contributed by atoms with Crippen LogP contribution in [0.25, 0.3) is 0 Å². The Kier molecular flexibility index (Phi) is 4.68. The molecule has 0 saturated heterocycles. The minimum Gasteiger partial charge on any atom is -0.464 e. The Balaban J connectivity index is 2.23. The van der Waals surface area contributed by atoms with Crippen molar-refractivity contribution in [3.63, 3.8) is 0 Å². The molecular formula is C12H17NO2. The number of anilines is 1. The van der Waals surface area contributed by atoms with E-state index in [9.17, 15) is 4.79 Å². The average molecular weight is 207 g/mol. The number of carbonyl (C=O) groups is 1. The van der Waals surface area contributed by atoms with Gasteiger partial charge in [0, 0.05) is 5.69 Å². The molecule has 0 heterocycles. The molecule has 0 spiro atoms. The highest BCUT2D eigenvalue weighted by atomic mass is 16.5. The summed E-state index contributed by atoms with van der Waals surface area (Å²) in [5.41, 5.74) is 0.930. The van der Waals surface area contributed by atoms with Crippen molar-refractivity contribution in [2.45, 2.75) is 13.8 Å². The van der Waals surface area contributed by atoms with Crippen LogP contribution in [0.5, 0.6) is 0 Å². The fourth-order valence-corrected chi connectivity index (χ4v) is 1.04. The van der Waals surface area contributed by atoms with Crippen molar-refractivity contribution in [3.8, 4) is 0 Å². The number of ether oxygens (including phenoxy) is 1. The quantitative estimate of drug-likeness (QED) is 0.753. The minimum atomic E-state index is -0.215. The predicted octanol–water partition coefficient (Wildman–Crippen LogP) is 2.30. The largest absolute Gasteiger partial charge is 0.464 e. The van der Waals surface area contributed by atoms with Crippen LogP contribution in [0.15, 0.2) is 30.3 Å². The van der Waals surface area contributed by atoms with Crippen molar-refractivity contribution in [1.82, 2.24) is 0 Å². The van der Waals surface area contributed by atoms with Crippen molar-refractivity contribution in [3.05, 3.63) is 30.3 Å². The predicted molar refractivity (Wildman–Crippen MR) is 60.7 cm³/mol. The van der Waals surface area contributed by atoms with Gasteiger partial charge in [-0.15, -0.1) is 0 Å². The van der Waals surface area contributed by atoms with E-state index < -0.39 is 0 Å². The molecule has 1 aromatic rings. The lowest BCUT2D eigenvalue weighted by molar-refractivity contribution is -0.142. The minimum absolute atomic E-state index is 0.215. The highest BCUT2D eigenvalue weighted by Crippen LogP contribution is 2.04. The lowest BCUT2D eigenvalue weighted by Crippen LogP contribution is -2.18. The molecule has 0 atom stereocenters. The van der Waals surface area contributed by atoms with Crippen molar-refractivity contribution in [2.24, 2.45) is 5.92 Å². The van der Waals surface area contributed by atoms with E-state index in [2.05, 4.69) is 5.32 Å². The van der Waals surface area contributed by atoms with E-state index in [-0.39, 0.29) is 12.5 Å². The molecule has 0 unspecified atom stereocenters. The van der Waals surface area contributed by atoms with Crippen LogP contribution in [0, 0.1) is 5.92 Å². The molecule has 82 valence electrons. The fourth-order valence-electron chi connectivity index (χ4n) is 1.04. The van der Waals surface area contributed by atoms with Crippen LogP contribution in [-0.4, -0.2) is 19.1 Å². The SMILES string of the molecule is CC(C)COC(=O)CNc1ccccc1. The van der Waals surface area contributed by atoms with Gasteiger partial charge in [0.1, 0.15) is 6.54 Å². The molecule has 15 heavy (non-hydrogen) atoms. The number of nitrogens with one attached hydrogen (secondary N) is 1. The summed E-state index contributed by atoms with van der Waals surface area (Å²) in [4.78, 5) is 11.2. The molecule has 0 saturated carbocycles. The first-order valence-corrected chi connectivity index (χ1v) is 5.13. The van der Waals surface area contributed by atoms with Gasteiger partial charge in [0.15, 0.2) is 0 Å². The van der Waals surface area contributed by atoms with Crippen molar-refractivity contribution >= 4 is 11.7 Å². The smallest absolute Gasteiger partial charge is 0.325 e. The van der Waals surface area contributed by atoms with E-state index >= 15 is 0 Å². The lowest BCUT2D eigenvalue weighted by atomic mass is 10.2. The van der Waals surface area contributed by atoms with E-state index in [0.29, 0.717) is 12.5 Å². The third-order valence-corrected chi connectivity index (χ3v) is 1.79. The maximum atomic E-state index is 11.2. The average Bonchev–Trinajstić information content (AvgIpc) is 2.25. The topological polar surface area (TPSA) is 38.3 Å². The molecule has 0 aliphatic rings. The van der Waals surface area contributed by atoms with E-state index in [0.717, 1.165) is 5.69 Å². The Morgan fingerprint density at radius 2 is 2.00 bits per heavy atom. The van der Waals surface area contributed by atoms with Crippen molar-refractivity contribution in [1.29, 1.82) is 0 Å². The zero-order chi connectivity index (χ0) is 11.1. The van der Waals surface area contributed by atoms with Gasteiger partial charge < -0.3 is 10.1 Å². The molecule has 0 fully saturated rings. The van der Waals surface area contributed by atoms with Gasteiger partial charge in [0.05, 0.1) is 6.61 Å². The summed E-state index contributed by atoms with van der Waals surface area (Å²) < 4.78 is 5.02. The molecule has 3 nitrogen and oxygen atoms in total. The third kappa shape index (κ3) is 5.05. The van der Waals surface area contributed by atoms with E-state index in [1.165, 1.54) is 0 Å². The number of esters is 1. The monoisotopic (exact) mass is 207 g/mol. The summed E-state index contributed by atoms with van der Waals surface area (Å²) in [6.45, 7) is 4.72. The highest BCUT2D eigenvalue weighted by molar-refractivity contribution is 5.74. The Morgan fingerprint density at radius 3 is 2.60 bits per heavy atom. The van der Waals surface area contributed by atoms with Gasteiger partial charge in [-0.1, -0.05) is 32.0 Å². The van der Waals surface area contributed by atoms with Gasteiger partial charge in [-0.3, -0.25) is 4.79 Å². The van der Waals surface area contributed by atoms with Crippen molar-refractivity contribution < 1.29 is 9.53 Å². The summed E-state index contributed by atoms with van der Waals surface area (Å²) in [7, 11) is 0. The second-order valence-electron chi connectivity index (χ2n) is 3.80. The van der Waals surface area contributed by atoms with Crippen LogP contribution in [0.3, 0.4) is 0 Å². The van der Waals surface area contributed by atoms with E-state index in [1.54, 1.807) is 0 Å². The molecule has 0 radical (unpaired) electrons. The Morgan fingerprint density at radius 1 is 1.33 bits per heavy atom. The van der Waals surface area contributed by atoms with E-state index in [4.69, 9.17) is 4.74 Å². The molecule has 0 amide bonds. The normalized spacial score (nSPS) is 10.1. The van der Waals surface area contributed by atoms with Crippen LogP contribution in [-0.2, 0) is 9.53 Å². The number of benzene rings is 1. The van der Waals surface area contributed by atoms with Crippen LogP contribution >= 0.6 is 0 Å². The standard InChI is InChI=1S/C12H17NO2/c1-10(2)9-15-12(14)8-13-11-6-4-3-5-7-11/h3-7,10,13H,8-9H2,1-2H3. The summed E-state index contributed by atoms with van der Waals surface area (Å²) in [6, 6.07) is 9.59. The molecule has 0 aliphatic heterocycles. The first kappa shape index (κ1) is 11.6. The van der Waals surface area contributed by atoms with Crippen LogP contribution in [0.1, 0.15) is 13.8 Å². The molecule has 1 rings (SSSR count). The Bertz CT molecular complexity index is 296. The Hall–Kier alpha value is -1.51. The van der Waals surface area contributed by atoms with E-state index in [1.807, 2.05) is 44.2 Å². The summed E-state index contributed by atoms with van der Waals surface area (Å²) >= 11 is 0. The number of hydrogen-bond acceptors (Lipinski definition) is 3. The summed E-state index contributed by atoms with van der Waals surface area (Å²) in [6.07, 6.45) is 0. The van der Waals surface area contributed by atoms with Crippen molar-refractivity contribution in [2.75, 3.05) is 18.5 Å². The van der Waals surface area contributed by atoms with Gasteiger partial charge >= 0.3 is 5.97 Å². The summed E-state index contributed by atoms with van der Waals surface area (Å²) in [5, 5.41) is 2.99. The molecule has 0 aliphatic carbocycles. The highest BCUT2D eigenvalue weighted by Gasteiger charge is 2.03. The fraction of sp³-hybridized carbons (Fsp3) is 0.417. The number of carbonyl (C=O) groups excluding carboxylic acids is 1. The van der Waals surface area contributed by atoms with Gasteiger partial charge in [-0.25, -0.2) is 0 Å². The molecule has 0 aromatic heterocycles. The Labute approximate surface area is 90.4 Å². The van der Waals surface area contributed by atoms with Crippen LogP contribution in [0.4, 0.5) is 5.69 Å². The zero-order valence-corrected chi connectivity index (χ0v) is 9.19. The molecule has 0 bridgehead atoms. The second kappa shape index (κ2) is 6.06. The van der Waals surface area contributed by atoms with Gasteiger partial charge in [-0.05, 0) is 18.1 Å². The third-order valence-electron chi connectivity index (χ3n) is 1.79. The van der Waals surface area contributed by atoms with Crippen LogP contribution in [0.2, 0.25) is 0 Å².